The molecule has 22 heavy (non-hydrogen) atoms. The molecule has 1 aromatic carbocycles. The number of carbonyl (C=O) groups excluding carboxylic acids is 1. The molecule has 2 aromatic rings. The molecule has 2 atom stereocenters. The van der Waals surface area contributed by atoms with Gasteiger partial charge in [-0.3, -0.25) is 4.79 Å². The summed E-state index contributed by atoms with van der Waals surface area (Å²) in [5.41, 5.74) is 7.50. The zero-order valence-electron chi connectivity index (χ0n) is 12.5. The smallest absolute Gasteiger partial charge is 0.178 e. The summed E-state index contributed by atoms with van der Waals surface area (Å²) in [6.45, 7) is 1.46. The molecule has 0 amide bonds. The van der Waals surface area contributed by atoms with E-state index < -0.39 is 0 Å². The molecule has 0 saturated heterocycles. The van der Waals surface area contributed by atoms with E-state index in [-0.39, 0.29) is 23.7 Å². The molecule has 1 heterocycles. The Morgan fingerprint density at radius 3 is 2.59 bits per heavy atom. The zero-order chi connectivity index (χ0) is 15.9. The number of hydrogen-bond acceptors (Lipinski definition) is 5. The number of ketones is 1. The first-order valence-corrected chi connectivity index (χ1v) is 8.04. The van der Waals surface area contributed by atoms with E-state index in [4.69, 9.17) is 5.73 Å². The quantitative estimate of drug-likeness (QED) is 0.607. The monoisotopic (exact) mass is 316 g/mol. The molecule has 0 saturated carbocycles. The zero-order valence-corrected chi connectivity index (χ0v) is 13.3. The van der Waals surface area contributed by atoms with Crippen LogP contribution in [0.5, 0.6) is 0 Å². The number of Topliss-reactive ketones (excluding diaryl/α,β-unsaturated/α-hetero) is 1. The number of thioether (sulfide) groups is 1. The van der Waals surface area contributed by atoms with Crippen LogP contribution in [0.25, 0.3) is 0 Å². The predicted molar refractivity (Wildman–Crippen MR) is 89.0 cm³/mol. The van der Waals surface area contributed by atoms with Crippen molar-refractivity contribution in [2.45, 2.75) is 29.7 Å². The van der Waals surface area contributed by atoms with Gasteiger partial charge in [0.05, 0.1) is 11.6 Å². The fraction of sp³-hybridized carbons (Fsp3) is 0.294. The summed E-state index contributed by atoms with van der Waals surface area (Å²) in [6, 6.07) is 15.1. The lowest BCUT2D eigenvalue weighted by molar-refractivity contribution is 0.101. The average molecular weight is 316 g/mol. The van der Waals surface area contributed by atoms with Crippen LogP contribution < -0.4 is 5.73 Å². The van der Waals surface area contributed by atoms with Gasteiger partial charge in [-0.1, -0.05) is 48.2 Å². The van der Waals surface area contributed by atoms with Gasteiger partial charge in [-0.05, 0) is 24.1 Å². The molecular weight excluding hydrogens is 296 g/mol. The number of aliphatic hydroxyl groups excluding tert-OH is 1. The second-order valence-corrected chi connectivity index (χ2v) is 6.34. The Balaban J connectivity index is 2.22. The van der Waals surface area contributed by atoms with Crippen LogP contribution in [0.15, 0.2) is 53.6 Å². The van der Waals surface area contributed by atoms with Gasteiger partial charge in [-0.25, -0.2) is 4.98 Å². The lowest BCUT2D eigenvalue weighted by Gasteiger charge is -2.19. The second-order valence-electron chi connectivity index (χ2n) is 5.11. The molecule has 0 aliphatic heterocycles. The number of pyridine rings is 1. The van der Waals surface area contributed by atoms with Crippen molar-refractivity contribution in [3.8, 4) is 0 Å². The molecule has 116 valence electrons. The van der Waals surface area contributed by atoms with E-state index in [1.165, 1.54) is 6.92 Å². The molecule has 0 aliphatic rings. The molecule has 5 heteroatoms. The molecule has 4 nitrogen and oxygen atoms in total. The van der Waals surface area contributed by atoms with Crippen molar-refractivity contribution in [1.82, 2.24) is 4.98 Å². The Morgan fingerprint density at radius 1 is 1.23 bits per heavy atom. The summed E-state index contributed by atoms with van der Waals surface area (Å²) in [4.78, 5) is 15.8. The van der Waals surface area contributed by atoms with E-state index in [9.17, 15) is 9.90 Å². The summed E-state index contributed by atoms with van der Waals surface area (Å²) in [5.74, 6) is -0.0502. The molecule has 2 rings (SSSR count). The highest BCUT2D eigenvalue weighted by molar-refractivity contribution is 7.99. The van der Waals surface area contributed by atoms with E-state index in [0.717, 1.165) is 10.6 Å². The first kappa shape index (κ1) is 16.7. The molecule has 0 radical (unpaired) electrons. The van der Waals surface area contributed by atoms with E-state index in [1.807, 2.05) is 42.5 Å². The van der Waals surface area contributed by atoms with Crippen molar-refractivity contribution in [3.05, 3.63) is 59.8 Å². The maximum absolute atomic E-state index is 11.5. The van der Waals surface area contributed by atoms with Gasteiger partial charge in [0.2, 0.25) is 0 Å². The topological polar surface area (TPSA) is 76.2 Å². The molecule has 0 spiro atoms. The Bertz CT molecular complexity index is 619. The molecule has 0 fully saturated rings. The van der Waals surface area contributed by atoms with Gasteiger partial charge in [0.25, 0.3) is 0 Å². The minimum atomic E-state index is -0.284. The summed E-state index contributed by atoms with van der Waals surface area (Å²) in [5, 5.41) is 10.1. The van der Waals surface area contributed by atoms with Crippen molar-refractivity contribution in [1.29, 1.82) is 0 Å². The molecule has 0 unspecified atom stereocenters. The van der Waals surface area contributed by atoms with Gasteiger partial charge in [0.15, 0.2) is 5.78 Å². The van der Waals surface area contributed by atoms with Crippen LogP contribution in [-0.4, -0.2) is 28.5 Å². The Labute approximate surface area is 134 Å². The molecule has 3 N–H and O–H groups in total. The van der Waals surface area contributed by atoms with Crippen molar-refractivity contribution >= 4 is 17.5 Å². The minimum Gasteiger partial charge on any atom is -0.395 e. The van der Waals surface area contributed by atoms with Gasteiger partial charge >= 0.3 is 0 Å². The first-order chi connectivity index (χ1) is 10.6. The van der Waals surface area contributed by atoms with Gasteiger partial charge < -0.3 is 10.8 Å². The van der Waals surface area contributed by atoms with Crippen LogP contribution in [0, 0.1) is 0 Å². The largest absolute Gasteiger partial charge is 0.395 e. The molecule has 0 bridgehead atoms. The van der Waals surface area contributed by atoms with E-state index in [2.05, 4.69) is 4.98 Å². The van der Waals surface area contributed by atoms with Crippen molar-refractivity contribution in [2.75, 3.05) is 6.61 Å². The number of benzene rings is 1. The predicted octanol–water partition coefficient (Wildman–Crippen LogP) is 2.83. The third-order valence-corrected chi connectivity index (χ3v) is 4.49. The van der Waals surface area contributed by atoms with E-state index >= 15 is 0 Å². The number of rotatable bonds is 7. The lowest BCUT2D eigenvalue weighted by atomic mass is 10.1. The second kappa shape index (κ2) is 8.08. The molecule has 0 aliphatic carbocycles. The lowest BCUT2D eigenvalue weighted by Crippen LogP contribution is -2.26. The van der Waals surface area contributed by atoms with Crippen LogP contribution in [0.1, 0.15) is 34.6 Å². The third kappa shape index (κ3) is 4.66. The average Bonchev–Trinajstić information content (AvgIpc) is 2.55. The Hall–Kier alpha value is -1.69. The highest BCUT2D eigenvalue weighted by Crippen LogP contribution is 2.37. The van der Waals surface area contributed by atoms with Crippen LogP contribution in [0.2, 0.25) is 0 Å². The van der Waals surface area contributed by atoms with Gasteiger partial charge in [-0.2, -0.15) is 0 Å². The third-order valence-electron chi connectivity index (χ3n) is 3.27. The molecule has 1 aromatic heterocycles. The maximum atomic E-state index is 11.5. The van der Waals surface area contributed by atoms with Crippen molar-refractivity contribution in [2.24, 2.45) is 5.73 Å². The number of hydrogen-bond donors (Lipinski definition) is 2. The van der Waals surface area contributed by atoms with Crippen molar-refractivity contribution < 1.29 is 9.90 Å². The molecular formula is C17H20N2O2S. The van der Waals surface area contributed by atoms with Crippen LogP contribution in [0.3, 0.4) is 0 Å². The highest BCUT2D eigenvalue weighted by atomic mass is 32.2. The number of aromatic nitrogens is 1. The van der Waals surface area contributed by atoms with Gasteiger partial charge in [0, 0.05) is 18.2 Å². The summed E-state index contributed by atoms with van der Waals surface area (Å²) < 4.78 is 0. The summed E-state index contributed by atoms with van der Waals surface area (Å²) in [7, 11) is 0. The fourth-order valence-electron chi connectivity index (χ4n) is 2.09. The first-order valence-electron chi connectivity index (χ1n) is 7.16. The highest BCUT2D eigenvalue weighted by Gasteiger charge is 2.18. The van der Waals surface area contributed by atoms with Crippen LogP contribution in [-0.2, 0) is 0 Å². The number of aliphatic hydroxyl groups is 1. The van der Waals surface area contributed by atoms with Crippen LogP contribution in [0.4, 0.5) is 0 Å². The van der Waals surface area contributed by atoms with Gasteiger partial charge in [-0.15, -0.1) is 0 Å². The number of nitrogens with two attached hydrogens (primary N) is 1. The summed E-state index contributed by atoms with van der Waals surface area (Å²) >= 11 is 1.56. The summed E-state index contributed by atoms with van der Waals surface area (Å²) in [6.07, 6.45) is 0.636. The van der Waals surface area contributed by atoms with E-state index in [0.29, 0.717) is 12.1 Å². The minimum absolute atomic E-state index is 0.0502. The SMILES string of the molecule is CC(=O)c1cccc(S[C@H](C[C@H](N)CO)c2ccccc2)n1. The number of nitrogens with zero attached hydrogens (tertiary/aromatic N) is 1. The van der Waals surface area contributed by atoms with E-state index in [1.54, 1.807) is 17.8 Å². The van der Waals surface area contributed by atoms with Gasteiger partial charge in [0.1, 0.15) is 5.69 Å². The maximum Gasteiger partial charge on any atom is 0.178 e. The fourth-order valence-corrected chi connectivity index (χ4v) is 3.33. The standard InChI is InChI=1S/C17H20N2O2S/c1-12(21)15-8-5-9-17(19-15)22-16(10-14(18)11-20)13-6-3-2-4-7-13/h2-9,14,16,20H,10-11,18H2,1H3/t14-,16+/m0/s1. The Morgan fingerprint density at radius 2 is 1.95 bits per heavy atom. The van der Waals surface area contributed by atoms with Crippen molar-refractivity contribution in [3.63, 3.8) is 0 Å². The Kier molecular flexibility index (Phi) is 6.12. The van der Waals surface area contributed by atoms with Crippen LogP contribution >= 0.6 is 11.8 Å². The number of carbonyl (C=O) groups is 1. The normalized spacial score (nSPS) is 13.6.